The fourth-order valence-corrected chi connectivity index (χ4v) is 2.16. The maximum absolute atomic E-state index is 5.82. The number of piperidine rings is 1. The molecule has 0 unspecified atom stereocenters. The third-order valence-electron chi connectivity index (χ3n) is 2.98. The first-order valence-electron chi connectivity index (χ1n) is 5.92. The van der Waals surface area contributed by atoms with Gasteiger partial charge in [-0.05, 0) is 49.4 Å². The molecule has 0 bridgehead atoms. The van der Waals surface area contributed by atoms with Crippen molar-refractivity contribution >= 4 is 11.6 Å². The summed E-state index contributed by atoms with van der Waals surface area (Å²) in [6, 6.07) is 7.72. The molecule has 0 saturated carbocycles. The van der Waals surface area contributed by atoms with Gasteiger partial charge in [-0.1, -0.05) is 17.5 Å². The van der Waals surface area contributed by atoms with Crippen LogP contribution in [0.4, 0.5) is 0 Å². The molecule has 2 heteroatoms. The van der Waals surface area contributed by atoms with Crippen molar-refractivity contribution < 1.29 is 4.90 Å². The Bertz CT molecular complexity index is 379. The topological polar surface area (TPSA) is 4.44 Å². The van der Waals surface area contributed by atoms with Gasteiger partial charge >= 0.3 is 0 Å². The second kappa shape index (κ2) is 5.94. The largest absolute Gasteiger partial charge is 0.325 e. The van der Waals surface area contributed by atoms with Crippen molar-refractivity contribution in [2.75, 3.05) is 19.6 Å². The lowest BCUT2D eigenvalue weighted by molar-refractivity contribution is -0.897. The highest BCUT2D eigenvalue weighted by Crippen LogP contribution is 2.08. The van der Waals surface area contributed by atoms with E-state index in [0.29, 0.717) is 0 Å². The number of quaternary nitrogens is 1. The Balaban J connectivity index is 1.87. The number of benzene rings is 1. The molecule has 0 atom stereocenters. The molecule has 1 N–H and O–H groups in total. The molecule has 1 aliphatic heterocycles. The van der Waals surface area contributed by atoms with E-state index in [2.05, 4.69) is 11.8 Å². The minimum atomic E-state index is 0.771. The molecule has 1 aromatic rings. The van der Waals surface area contributed by atoms with Crippen molar-refractivity contribution in [3.63, 3.8) is 0 Å². The van der Waals surface area contributed by atoms with Crippen LogP contribution < -0.4 is 4.90 Å². The van der Waals surface area contributed by atoms with E-state index in [4.69, 9.17) is 11.6 Å². The summed E-state index contributed by atoms with van der Waals surface area (Å²) in [5.41, 5.74) is 1.06. The van der Waals surface area contributed by atoms with Crippen LogP contribution in [0.5, 0.6) is 0 Å². The normalized spacial score (nSPS) is 16.6. The highest BCUT2D eigenvalue weighted by atomic mass is 35.5. The van der Waals surface area contributed by atoms with Gasteiger partial charge in [0.15, 0.2) is 0 Å². The molecule has 0 aliphatic carbocycles. The summed E-state index contributed by atoms with van der Waals surface area (Å²) >= 11 is 5.82. The Kier molecular flexibility index (Phi) is 4.27. The lowest BCUT2D eigenvalue weighted by atomic mass is 10.1. The van der Waals surface area contributed by atoms with Crippen LogP contribution in [0.25, 0.3) is 0 Å². The second-order valence-corrected chi connectivity index (χ2v) is 4.73. The van der Waals surface area contributed by atoms with Gasteiger partial charge < -0.3 is 4.90 Å². The molecule has 1 heterocycles. The first kappa shape index (κ1) is 11.5. The summed E-state index contributed by atoms with van der Waals surface area (Å²) in [7, 11) is 0. The summed E-state index contributed by atoms with van der Waals surface area (Å²) < 4.78 is 0. The van der Waals surface area contributed by atoms with Crippen LogP contribution >= 0.6 is 11.6 Å². The van der Waals surface area contributed by atoms with E-state index in [1.807, 2.05) is 24.3 Å². The van der Waals surface area contributed by atoms with Crippen molar-refractivity contribution in [1.29, 1.82) is 0 Å². The Morgan fingerprint density at radius 3 is 2.44 bits per heavy atom. The summed E-state index contributed by atoms with van der Waals surface area (Å²) in [5.74, 6) is 6.45. The Morgan fingerprint density at radius 1 is 1.06 bits per heavy atom. The van der Waals surface area contributed by atoms with Crippen molar-refractivity contribution in [3.8, 4) is 11.8 Å². The van der Waals surface area contributed by atoms with E-state index in [1.165, 1.54) is 32.4 Å². The quantitative estimate of drug-likeness (QED) is 0.707. The molecule has 0 aromatic heterocycles. The van der Waals surface area contributed by atoms with Gasteiger partial charge in [-0.3, -0.25) is 0 Å². The van der Waals surface area contributed by atoms with Gasteiger partial charge in [-0.25, -0.2) is 0 Å². The summed E-state index contributed by atoms with van der Waals surface area (Å²) in [4.78, 5) is 1.63. The monoisotopic (exact) mass is 234 g/mol. The van der Waals surface area contributed by atoms with Gasteiger partial charge in [0.05, 0.1) is 13.1 Å². The zero-order valence-corrected chi connectivity index (χ0v) is 10.2. The summed E-state index contributed by atoms with van der Waals surface area (Å²) in [6.07, 6.45) is 4.12. The molecule has 84 valence electrons. The molecule has 1 fully saturated rings. The first-order chi connectivity index (χ1) is 7.84. The van der Waals surface area contributed by atoms with E-state index < -0.39 is 0 Å². The van der Waals surface area contributed by atoms with Gasteiger partial charge in [-0.2, -0.15) is 0 Å². The first-order valence-corrected chi connectivity index (χ1v) is 6.30. The molecule has 16 heavy (non-hydrogen) atoms. The molecule has 0 amide bonds. The number of likely N-dealkylation sites (tertiary alicyclic amines) is 1. The van der Waals surface area contributed by atoms with Crippen LogP contribution in [0, 0.1) is 11.8 Å². The zero-order valence-electron chi connectivity index (χ0n) is 9.43. The fourth-order valence-electron chi connectivity index (χ4n) is 2.03. The van der Waals surface area contributed by atoms with E-state index >= 15 is 0 Å². The van der Waals surface area contributed by atoms with E-state index in [1.54, 1.807) is 4.90 Å². The van der Waals surface area contributed by atoms with Crippen LogP contribution in [-0.4, -0.2) is 19.6 Å². The Labute approximate surface area is 102 Å². The molecular formula is C14H17ClN+. The van der Waals surface area contributed by atoms with Crippen LogP contribution in [0.15, 0.2) is 24.3 Å². The molecule has 2 rings (SSSR count). The number of nitrogens with one attached hydrogen (secondary N) is 1. The van der Waals surface area contributed by atoms with Gasteiger partial charge in [-0.15, -0.1) is 0 Å². The zero-order chi connectivity index (χ0) is 11.2. The Morgan fingerprint density at radius 2 is 1.75 bits per heavy atom. The fraction of sp³-hybridized carbons (Fsp3) is 0.429. The van der Waals surface area contributed by atoms with Crippen LogP contribution in [0.2, 0.25) is 5.02 Å². The highest BCUT2D eigenvalue weighted by Gasteiger charge is 2.10. The third-order valence-corrected chi connectivity index (χ3v) is 3.23. The standard InChI is InChI=1S/C14H16ClN/c15-14-8-6-13(7-9-14)5-4-12-16-10-2-1-3-11-16/h6-9H,1-3,10-12H2/p+1. The molecule has 0 spiro atoms. The van der Waals surface area contributed by atoms with Crippen LogP contribution in [0.3, 0.4) is 0 Å². The average Bonchev–Trinajstić information content (AvgIpc) is 2.33. The third kappa shape index (κ3) is 3.56. The van der Waals surface area contributed by atoms with Gasteiger partial charge in [0.1, 0.15) is 6.54 Å². The predicted molar refractivity (Wildman–Crippen MR) is 67.7 cm³/mol. The summed E-state index contributed by atoms with van der Waals surface area (Å²) in [6.45, 7) is 3.55. The number of hydrogen-bond donors (Lipinski definition) is 1. The van der Waals surface area contributed by atoms with Gasteiger partial charge in [0.25, 0.3) is 0 Å². The van der Waals surface area contributed by atoms with Crippen LogP contribution in [-0.2, 0) is 0 Å². The van der Waals surface area contributed by atoms with Crippen LogP contribution in [0.1, 0.15) is 24.8 Å². The summed E-state index contributed by atoms with van der Waals surface area (Å²) in [5, 5.41) is 0.771. The van der Waals surface area contributed by atoms with Crippen molar-refractivity contribution in [2.24, 2.45) is 0 Å². The minimum absolute atomic E-state index is 0.771. The van der Waals surface area contributed by atoms with E-state index in [9.17, 15) is 0 Å². The van der Waals surface area contributed by atoms with E-state index in [-0.39, 0.29) is 0 Å². The molecule has 1 aliphatic rings. The lowest BCUT2D eigenvalue weighted by Crippen LogP contribution is -3.12. The average molecular weight is 235 g/mol. The van der Waals surface area contributed by atoms with Crippen molar-refractivity contribution in [1.82, 2.24) is 0 Å². The maximum Gasteiger partial charge on any atom is 0.139 e. The van der Waals surface area contributed by atoms with Crippen molar-refractivity contribution in [2.45, 2.75) is 19.3 Å². The SMILES string of the molecule is Clc1ccc(C#CC[NH+]2CCCCC2)cc1. The predicted octanol–water partition coefficient (Wildman–Crippen LogP) is 1.76. The number of rotatable bonds is 1. The van der Waals surface area contributed by atoms with E-state index in [0.717, 1.165) is 17.1 Å². The van der Waals surface area contributed by atoms with Crippen molar-refractivity contribution in [3.05, 3.63) is 34.9 Å². The second-order valence-electron chi connectivity index (χ2n) is 4.30. The molecule has 1 saturated heterocycles. The Hall–Kier alpha value is -0.970. The maximum atomic E-state index is 5.82. The lowest BCUT2D eigenvalue weighted by Gasteiger charge is -2.20. The molecule has 1 aromatic carbocycles. The molecule has 1 nitrogen and oxygen atoms in total. The van der Waals surface area contributed by atoms with Gasteiger partial charge in [0.2, 0.25) is 0 Å². The number of hydrogen-bond acceptors (Lipinski definition) is 0. The highest BCUT2D eigenvalue weighted by molar-refractivity contribution is 6.30. The van der Waals surface area contributed by atoms with Gasteiger partial charge in [0, 0.05) is 10.6 Å². The molecule has 0 radical (unpaired) electrons. The molecular weight excluding hydrogens is 218 g/mol. The minimum Gasteiger partial charge on any atom is -0.325 e. The number of halogens is 1. The smallest absolute Gasteiger partial charge is 0.139 e.